The van der Waals surface area contributed by atoms with E-state index < -0.39 is 0 Å². The van der Waals surface area contributed by atoms with Crippen LogP contribution in [0.1, 0.15) is 59.7 Å². The average Bonchev–Trinajstić information content (AvgIpc) is 3.44. The number of rotatable bonds is 5. The molecule has 3 fully saturated rings. The predicted molar refractivity (Wildman–Crippen MR) is 159 cm³/mol. The van der Waals surface area contributed by atoms with Gasteiger partial charge in [-0.25, -0.2) is 4.98 Å². The van der Waals surface area contributed by atoms with Crippen molar-refractivity contribution in [1.29, 1.82) is 0 Å². The number of hydrogen-bond acceptors (Lipinski definition) is 3. The van der Waals surface area contributed by atoms with Crippen LogP contribution in [-0.4, -0.2) is 27.3 Å². The second-order valence-corrected chi connectivity index (χ2v) is 12.9. The number of aromatic amines is 1. The highest BCUT2D eigenvalue weighted by Gasteiger charge is 2.57. The first-order chi connectivity index (χ1) is 19.2. The summed E-state index contributed by atoms with van der Waals surface area (Å²) in [5.41, 5.74) is 4.11. The molecule has 2 bridgehead atoms. The van der Waals surface area contributed by atoms with Crippen molar-refractivity contribution < 1.29 is 9.59 Å². The molecule has 8 heteroatoms. The molecule has 0 saturated heterocycles. The molecule has 3 aliphatic rings. The first-order valence-corrected chi connectivity index (χ1v) is 14.7. The Bertz CT molecular complexity index is 1640. The maximum atomic E-state index is 13.4. The van der Waals surface area contributed by atoms with Crippen LogP contribution in [0.15, 0.2) is 60.7 Å². The van der Waals surface area contributed by atoms with Crippen LogP contribution < -0.4 is 10.6 Å². The highest BCUT2D eigenvalue weighted by molar-refractivity contribution is 6.42. The van der Waals surface area contributed by atoms with Crippen molar-refractivity contribution in [2.45, 2.75) is 44.6 Å². The van der Waals surface area contributed by atoms with Crippen LogP contribution in [0.4, 0.5) is 5.69 Å². The summed E-state index contributed by atoms with van der Waals surface area (Å²) in [6.45, 7) is 2.34. The van der Waals surface area contributed by atoms with E-state index in [9.17, 15) is 9.59 Å². The van der Waals surface area contributed by atoms with E-state index in [1.165, 1.54) is 12.8 Å². The quantitative estimate of drug-likeness (QED) is 0.228. The lowest BCUT2D eigenvalue weighted by Crippen LogP contribution is -2.47. The summed E-state index contributed by atoms with van der Waals surface area (Å²) in [5, 5.41) is 7.12. The number of fused-ring (bicyclic) bond motifs is 2. The molecule has 3 aromatic carbocycles. The number of halogens is 2. The summed E-state index contributed by atoms with van der Waals surface area (Å²) >= 11 is 12.0. The summed E-state index contributed by atoms with van der Waals surface area (Å²) < 4.78 is 0. The van der Waals surface area contributed by atoms with Gasteiger partial charge in [0.2, 0.25) is 0 Å². The van der Waals surface area contributed by atoms with Crippen molar-refractivity contribution in [2.24, 2.45) is 23.7 Å². The molecule has 1 aromatic heterocycles. The van der Waals surface area contributed by atoms with Gasteiger partial charge in [-0.3, -0.25) is 9.59 Å². The minimum atomic E-state index is -0.251. The third kappa shape index (κ3) is 4.57. The first-order valence-electron chi connectivity index (χ1n) is 13.9. The van der Waals surface area contributed by atoms with E-state index >= 15 is 0 Å². The number of amides is 2. The molecular formula is C32H30Cl2N4O2. The maximum absolute atomic E-state index is 13.4. The standard InChI is InChI=1S/C32H30Cl2N4O2/c1-17-10-21-11-22-15-32(14-17,16-24(21)22)38-31(40)20-6-9-27-28(12-20)37-29(36-27)18-2-4-19(5-3-18)30(39)35-23-7-8-25(33)26(34)13-23/h2-9,12-13,17,21-22,24H,10-11,14-16H2,1H3,(H,35,39)(H,36,37)(H,38,40)/t17-,21-,22+,24?,32?/m1/s1. The lowest BCUT2D eigenvalue weighted by atomic mass is 9.63. The van der Waals surface area contributed by atoms with Gasteiger partial charge in [-0.15, -0.1) is 0 Å². The predicted octanol–water partition coefficient (Wildman–Crippen LogP) is 7.73. The number of carbonyl (C=O) groups excluding carboxylic acids is 2. The van der Waals surface area contributed by atoms with E-state index in [1.807, 2.05) is 30.3 Å². The van der Waals surface area contributed by atoms with Crippen molar-refractivity contribution in [3.05, 3.63) is 81.8 Å². The normalized spacial score (nSPS) is 26.7. The number of aromatic nitrogens is 2. The first kappa shape index (κ1) is 25.6. The van der Waals surface area contributed by atoms with Crippen LogP contribution in [0.2, 0.25) is 10.0 Å². The smallest absolute Gasteiger partial charge is 0.255 e. The Morgan fingerprint density at radius 2 is 1.68 bits per heavy atom. The Balaban J connectivity index is 1.06. The number of anilines is 1. The summed E-state index contributed by atoms with van der Waals surface area (Å²) in [6, 6.07) is 17.8. The third-order valence-electron chi connectivity index (χ3n) is 9.26. The van der Waals surface area contributed by atoms with E-state index in [0.717, 1.165) is 53.6 Å². The van der Waals surface area contributed by atoms with Crippen LogP contribution in [0.25, 0.3) is 22.4 Å². The van der Waals surface area contributed by atoms with E-state index in [1.54, 1.807) is 30.3 Å². The molecule has 3 aliphatic carbocycles. The van der Waals surface area contributed by atoms with Gasteiger partial charge in [0, 0.05) is 27.9 Å². The highest BCUT2D eigenvalue weighted by atomic mass is 35.5. The highest BCUT2D eigenvalue weighted by Crippen LogP contribution is 2.60. The number of carbonyl (C=O) groups is 2. The SMILES string of the molecule is C[C@@H]1C[C@@H]2C[C@H]3CC(NC(=O)c4ccc5nc(-c6ccc(C(=O)Nc7ccc(Cl)c(Cl)c7)cc6)[nH]c5c4)(CC23)C1. The van der Waals surface area contributed by atoms with Crippen LogP contribution >= 0.6 is 23.2 Å². The molecule has 2 amide bonds. The van der Waals surface area contributed by atoms with Gasteiger partial charge in [0.1, 0.15) is 5.82 Å². The van der Waals surface area contributed by atoms with E-state index in [-0.39, 0.29) is 17.4 Å². The topological polar surface area (TPSA) is 86.9 Å². The average molecular weight is 574 g/mol. The number of nitrogens with zero attached hydrogens (tertiary/aromatic N) is 1. The zero-order valence-electron chi connectivity index (χ0n) is 22.1. The molecule has 2 unspecified atom stereocenters. The molecule has 0 spiro atoms. The van der Waals surface area contributed by atoms with Crippen LogP contribution in [-0.2, 0) is 0 Å². The van der Waals surface area contributed by atoms with Gasteiger partial charge in [-0.2, -0.15) is 0 Å². The van der Waals surface area contributed by atoms with Gasteiger partial charge in [-0.05, 0) is 104 Å². The minimum absolute atomic E-state index is 0.00217. The molecule has 4 aromatic rings. The number of benzene rings is 3. The second-order valence-electron chi connectivity index (χ2n) is 12.1. The fourth-order valence-electron chi connectivity index (χ4n) is 7.55. The fourth-order valence-corrected chi connectivity index (χ4v) is 7.85. The summed E-state index contributed by atoms with van der Waals surface area (Å²) in [6.07, 6.45) is 6.00. The Labute approximate surface area is 242 Å². The lowest BCUT2D eigenvalue weighted by molar-refractivity contribution is 0.0742. The van der Waals surface area contributed by atoms with Gasteiger partial charge in [0.15, 0.2) is 0 Å². The number of H-pyrrole nitrogens is 1. The molecular weight excluding hydrogens is 543 g/mol. The van der Waals surface area contributed by atoms with Crippen LogP contribution in [0, 0.1) is 23.7 Å². The van der Waals surface area contributed by atoms with Gasteiger partial charge in [0.25, 0.3) is 11.8 Å². The maximum Gasteiger partial charge on any atom is 0.255 e. The van der Waals surface area contributed by atoms with Gasteiger partial charge in [0.05, 0.1) is 21.1 Å². The van der Waals surface area contributed by atoms with Gasteiger partial charge < -0.3 is 15.6 Å². The monoisotopic (exact) mass is 572 g/mol. The third-order valence-corrected chi connectivity index (χ3v) is 10.00. The lowest BCUT2D eigenvalue weighted by Gasteiger charge is -2.42. The zero-order valence-corrected chi connectivity index (χ0v) is 23.6. The number of hydrogen-bond donors (Lipinski definition) is 3. The van der Waals surface area contributed by atoms with Crippen molar-refractivity contribution in [1.82, 2.24) is 15.3 Å². The van der Waals surface area contributed by atoms with Crippen molar-refractivity contribution >= 4 is 51.7 Å². The Kier molecular flexibility index (Phi) is 6.17. The largest absolute Gasteiger partial charge is 0.347 e. The molecule has 204 valence electrons. The van der Waals surface area contributed by atoms with Crippen LogP contribution in [0.5, 0.6) is 0 Å². The Hall–Kier alpha value is -3.35. The summed E-state index contributed by atoms with van der Waals surface area (Å²) in [7, 11) is 0. The van der Waals surface area contributed by atoms with Gasteiger partial charge in [-0.1, -0.05) is 42.3 Å². The minimum Gasteiger partial charge on any atom is -0.347 e. The zero-order chi connectivity index (χ0) is 27.6. The van der Waals surface area contributed by atoms with Crippen LogP contribution in [0.3, 0.4) is 0 Å². The van der Waals surface area contributed by atoms with E-state index in [2.05, 4.69) is 22.5 Å². The Morgan fingerprint density at radius 1 is 0.875 bits per heavy atom. The molecule has 0 radical (unpaired) electrons. The molecule has 1 heterocycles. The number of imidazole rings is 1. The Morgan fingerprint density at radius 3 is 2.48 bits per heavy atom. The molecule has 6 nitrogen and oxygen atoms in total. The van der Waals surface area contributed by atoms with E-state index in [0.29, 0.717) is 38.6 Å². The summed E-state index contributed by atoms with van der Waals surface area (Å²) in [5.74, 6) is 3.55. The molecule has 7 rings (SSSR count). The molecule has 5 atom stereocenters. The molecule has 40 heavy (non-hydrogen) atoms. The number of nitrogens with one attached hydrogen (secondary N) is 3. The van der Waals surface area contributed by atoms with Crippen molar-refractivity contribution in [3.63, 3.8) is 0 Å². The molecule has 0 aliphatic heterocycles. The molecule has 3 saturated carbocycles. The second kappa shape index (κ2) is 9.64. The van der Waals surface area contributed by atoms with E-state index in [4.69, 9.17) is 28.2 Å². The molecule has 3 N–H and O–H groups in total. The summed E-state index contributed by atoms with van der Waals surface area (Å²) in [4.78, 5) is 34.2. The van der Waals surface area contributed by atoms with Crippen molar-refractivity contribution in [2.75, 3.05) is 5.32 Å². The van der Waals surface area contributed by atoms with Gasteiger partial charge >= 0.3 is 0 Å². The van der Waals surface area contributed by atoms with Crippen molar-refractivity contribution in [3.8, 4) is 11.4 Å². The fraction of sp³-hybridized carbons (Fsp3) is 0.344.